The van der Waals surface area contributed by atoms with Crippen molar-refractivity contribution in [2.24, 2.45) is 0 Å². The molecule has 2 unspecified atom stereocenters. The number of rotatable bonds is 2. The number of benzene rings is 1. The van der Waals surface area contributed by atoms with Gasteiger partial charge < -0.3 is 9.84 Å². The lowest BCUT2D eigenvalue weighted by Crippen LogP contribution is -2.42. The van der Waals surface area contributed by atoms with Crippen molar-refractivity contribution in [3.63, 3.8) is 0 Å². The second-order valence-corrected chi connectivity index (χ2v) is 5.47. The standard InChI is InChI=1S/C13H18BrNO2/c1-9-8-15(5-6-17-9)10(2)12-7-11(14)3-4-13(12)16/h3-4,7,9-10,16H,5-6,8H2,1-2H3. The largest absolute Gasteiger partial charge is 0.508 e. The molecule has 0 radical (unpaired) electrons. The van der Waals surface area contributed by atoms with Crippen molar-refractivity contribution >= 4 is 15.9 Å². The Bertz CT molecular complexity index is 397. The van der Waals surface area contributed by atoms with Crippen LogP contribution in [0.4, 0.5) is 0 Å². The Morgan fingerprint density at radius 3 is 3.00 bits per heavy atom. The highest BCUT2D eigenvalue weighted by Crippen LogP contribution is 2.31. The van der Waals surface area contributed by atoms with Gasteiger partial charge in [0.2, 0.25) is 0 Å². The monoisotopic (exact) mass is 299 g/mol. The lowest BCUT2D eigenvalue weighted by Gasteiger charge is -2.36. The van der Waals surface area contributed by atoms with Crippen molar-refractivity contribution in [3.8, 4) is 5.75 Å². The maximum atomic E-state index is 9.92. The van der Waals surface area contributed by atoms with Gasteiger partial charge in [0.25, 0.3) is 0 Å². The van der Waals surface area contributed by atoms with E-state index < -0.39 is 0 Å². The highest BCUT2D eigenvalue weighted by atomic mass is 79.9. The summed E-state index contributed by atoms with van der Waals surface area (Å²) in [6, 6.07) is 5.78. The summed E-state index contributed by atoms with van der Waals surface area (Å²) in [5.74, 6) is 0.361. The predicted molar refractivity (Wildman–Crippen MR) is 71.2 cm³/mol. The lowest BCUT2D eigenvalue weighted by molar-refractivity contribution is -0.0322. The van der Waals surface area contributed by atoms with Gasteiger partial charge >= 0.3 is 0 Å². The van der Waals surface area contributed by atoms with Crippen molar-refractivity contribution in [1.29, 1.82) is 0 Å². The van der Waals surface area contributed by atoms with Crippen LogP contribution in [0.15, 0.2) is 22.7 Å². The van der Waals surface area contributed by atoms with Crippen LogP contribution in [0.5, 0.6) is 5.75 Å². The first-order valence-electron chi connectivity index (χ1n) is 5.92. The summed E-state index contributed by atoms with van der Waals surface area (Å²) in [7, 11) is 0. The number of halogens is 1. The summed E-state index contributed by atoms with van der Waals surface area (Å²) < 4.78 is 6.53. The maximum absolute atomic E-state index is 9.92. The van der Waals surface area contributed by atoms with Crippen molar-refractivity contribution in [1.82, 2.24) is 4.90 Å². The average Bonchev–Trinajstić information content (AvgIpc) is 2.31. The highest BCUT2D eigenvalue weighted by Gasteiger charge is 2.24. The van der Waals surface area contributed by atoms with E-state index in [1.165, 1.54) is 0 Å². The molecule has 0 saturated carbocycles. The van der Waals surface area contributed by atoms with Gasteiger partial charge in [0.1, 0.15) is 5.75 Å². The molecule has 1 heterocycles. The molecule has 0 aliphatic carbocycles. The Morgan fingerprint density at radius 1 is 1.53 bits per heavy atom. The molecule has 17 heavy (non-hydrogen) atoms. The molecule has 3 nitrogen and oxygen atoms in total. The molecule has 1 aromatic rings. The highest BCUT2D eigenvalue weighted by molar-refractivity contribution is 9.10. The van der Waals surface area contributed by atoms with Gasteiger partial charge in [-0.2, -0.15) is 0 Å². The Morgan fingerprint density at radius 2 is 2.29 bits per heavy atom. The summed E-state index contributed by atoms with van der Waals surface area (Å²) in [5.41, 5.74) is 0.966. The van der Waals surface area contributed by atoms with Crippen molar-refractivity contribution < 1.29 is 9.84 Å². The molecule has 94 valence electrons. The SMILES string of the molecule is CC1CN(C(C)c2cc(Br)ccc2O)CCO1. The fourth-order valence-corrected chi connectivity index (χ4v) is 2.63. The molecule has 1 saturated heterocycles. The summed E-state index contributed by atoms with van der Waals surface area (Å²) in [5, 5.41) is 9.92. The first-order valence-corrected chi connectivity index (χ1v) is 6.71. The Hall–Kier alpha value is -0.580. The fraction of sp³-hybridized carbons (Fsp3) is 0.538. The van der Waals surface area contributed by atoms with Gasteiger partial charge in [-0.25, -0.2) is 0 Å². The first kappa shape index (κ1) is 12.9. The van der Waals surface area contributed by atoms with E-state index in [1.54, 1.807) is 6.07 Å². The molecular formula is C13H18BrNO2. The van der Waals surface area contributed by atoms with E-state index in [-0.39, 0.29) is 12.1 Å². The number of ether oxygens (including phenoxy) is 1. The summed E-state index contributed by atoms with van der Waals surface area (Å²) in [6.45, 7) is 6.80. The minimum absolute atomic E-state index is 0.207. The number of hydrogen-bond acceptors (Lipinski definition) is 3. The average molecular weight is 300 g/mol. The van der Waals surface area contributed by atoms with Crippen LogP contribution in [0.25, 0.3) is 0 Å². The van der Waals surface area contributed by atoms with Crippen LogP contribution in [-0.4, -0.2) is 35.8 Å². The van der Waals surface area contributed by atoms with Crippen LogP contribution >= 0.6 is 15.9 Å². The van der Waals surface area contributed by atoms with Gasteiger partial charge in [-0.3, -0.25) is 4.90 Å². The van der Waals surface area contributed by atoms with E-state index in [4.69, 9.17) is 4.74 Å². The van der Waals surface area contributed by atoms with Crippen LogP contribution in [0, 0.1) is 0 Å². The third kappa shape index (κ3) is 3.00. The van der Waals surface area contributed by atoms with Crippen molar-refractivity contribution in [2.45, 2.75) is 26.0 Å². The molecule has 1 aliphatic heterocycles. The predicted octanol–water partition coefficient (Wildman–Crippen LogP) is 2.94. The van der Waals surface area contributed by atoms with E-state index in [0.29, 0.717) is 5.75 Å². The van der Waals surface area contributed by atoms with Crippen molar-refractivity contribution in [3.05, 3.63) is 28.2 Å². The van der Waals surface area contributed by atoms with Crippen LogP contribution in [0.1, 0.15) is 25.5 Å². The van der Waals surface area contributed by atoms with Crippen LogP contribution < -0.4 is 0 Å². The first-order chi connectivity index (χ1) is 8.08. The van der Waals surface area contributed by atoms with Gasteiger partial charge in [-0.1, -0.05) is 15.9 Å². The normalized spacial score (nSPS) is 23.6. The maximum Gasteiger partial charge on any atom is 0.120 e. The quantitative estimate of drug-likeness (QED) is 0.911. The minimum atomic E-state index is 0.207. The molecule has 1 aliphatic rings. The molecule has 1 fully saturated rings. The van der Waals surface area contributed by atoms with Crippen molar-refractivity contribution in [2.75, 3.05) is 19.7 Å². The van der Waals surface area contributed by atoms with Gasteiger partial charge in [-0.05, 0) is 32.0 Å². The molecule has 2 atom stereocenters. The zero-order valence-corrected chi connectivity index (χ0v) is 11.8. The Kier molecular flexibility index (Phi) is 4.07. The molecule has 1 aromatic carbocycles. The van der Waals surface area contributed by atoms with Gasteiger partial charge in [0.15, 0.2) is 0 Å². The number of nitrogens with zero attached hydrogens (tertiary/aromatic N) is 1. The molecule has 1 N–H and O–H groups in total. The van der Waals surface area contributed by atoms with E-state index in [1.807, 2.05) is 12.1 Å². The second kappa shape index (κ2) is 5.38. The Balaban J connectivity index is 2.18. The smallest absolute Gasteiger partial charge is 0.120 e. The number of phenolic OH excluding ortho intramolecular Hbond substituents is 1. The molecule has 0 amide bonds. The Labute approximate surface area is 111 Å². The molecule has 2 rings (SSSR count). The van der Waals surface area contributed by atoms with Gasteiger partial charge in [0, 0.05) is 29.2 Å². The summed E-state index contributed by atoms with van der Waals surface area (Å²) >= 11 is 3.45. The molecule has 4 heteroatoms. The minimum Gasteiger partial charge on any atom is -0.508 e. The molecule has 0 aromatic heterocycles. The summed E-state index contributed by atoms with van der Waals surface area (Å²) in [6.07, 6.45) is 0.264. The van der Waals surface area contributed by atoms with Gasteiger partial charge in [-0.15, -0.1) is 0 Å². The third-order valence-corrected chi connectivity index (χ3v) is 3.75. The van der Waals surface area contributed by atoms with E-state index in [2.05, 4.69) is 34.7 Å². The second-order valence-electron chi connectivity index (χ2n) is 4.56. The topological polar surface area (TPSA) is 32.7 Å². The fourth-order valence-electron chi connectivity index (χ4n) is 2.25. The van der Waals surface area contributed by atoms with E-state index in [0.717, 1.165) is 29.7 Å². The van der Waals surface area contributed by atoms with Gasteiger partial charge in [0.05, 0.1) is 12.7 Å². The lowest BCUT2D eigenvalue weighted by atomic mass is 10.0. The van der Waals surface area contributed by atoms with Crippen LogP contribution in [-0.2, 0) is 4.74 Å². The zero-order valence-electron chi connectivity index (χ0n) is 10.2. The van der Waals surface area contributed by atoms with E-state index in [9.17, 15) is 5.11 Å². The number of morpholine rings is 1. The van der Waals surface area contributed by atoms with E-state index >= 15 is 0 Å². The zero-order chi connectivity index (χ0) is 12.4. The third-order valence-electron chi connectivity index (χ3n) is 3.26. The number of hydrogen-bond donors (Lipinski definition) is 1. The van der Waals surface area contributed by atoms with Crippen LogP contribution in [0.2, 0.25) is 0 Å². The van der Waals surface area contributed by atoms with Crippen LogP contribution in [0.3, 0.4) is 0 Å². The molecule has 0 spiro atoms. The molecular weight excluding hydrogens is 282 g/mol. The molecule has 0 bridgehead atoms. The summed E-state index contributed by atoms with van der Waals surface area (Å²) in [4.78, 5) is 2.34. The number of aromatic hydroxyl groups is 1. The number of phenols is 1.